The summed E-state index contributed by atoms with van der Waals surface area (Å²) in [6, 6.07) is 2.25. The summed E-state index contributed by atoms with van der Waals surface area (Å²) in [4.78, 5) is 14.7. The predicted molar refractivity (Wildman–Crippen MR) is 132 cm³/mol. The molecule has 0 aliphatic carbocycles. The van der Waals surface area contributed by atoms with Gasteiger partial charge >= 0.3 is 6.09 Å². The maximum absolute atomic E-state index is 14.6. The number of halogens is 2. The number of ether oxygens (including phenoxy) is 3. The number of fused-ring (bicyclic) bond motifs is 1. The number of nitrogens with zero attached hydrogens (tertiary/aromatic N) is 3. The molecule has 4 atom stereocenters. The van der Waals surface area contributed by atoms with Crippen molar-refractivity contribution in [2.45, 2.75) is 75.7 Å². The van der Waals surface area contributed by atoms with E-state index in [4.69, 9.17) is 14.2 Å². The zero-order chi connectivity index (χ0) is 27.2. The minimum atomic E-state index is -3.63. The fourth-order valence-electron chi connectivity index (χ4n) is 5.14. The highest BCUT2D eigenvalue weighted by Crippen LogP contribution is 2.35. The van der Waals surface area contributed by atoms with Crippen LogP contribution in [0.3, 0.4) is 0 Å². The number of carbonyl (C=O) groups excluding carboxylic acids is 1. The monoisotopic (exact) mass is 554 g/mol. The lowest BCUT2D eigenvalue weighted by molar-refractivity contribution is -0.0629. The molecule has 38 heavy (non-hydrogen) atoms. The normalized spacial score (nSPS) is 26.3. The van der Waals surface area contributed by atoms with Gasteiger partial charge in [-0.2, -0.15) is 9.19 Å². The SMILES string of the molecule is CC(C)(C)OC(=O)N[C@H]1C[C@@H](N2Cc3cn(S(=O)(=O)[C@@H]4CCOC4)nc3C2)CO[C@@H]1c1cc(F)ccc1F. The molecule has 4 heterocycles. The molecule has 3 aliphatic rings. The number of amides is 1. The lowest BCUT2D eigenvalue weighted by atomic mass is 9.92. The lowest BCUT2D eigenvalue weighted by Crippen LogP contribution is -2.52. The molecule has 1 N–H and O–H groups in total. The molecule has 0 unspecified atom stereocenters. The second-order valence-corrected chi connectivity index (χ2v) is 13.0. The number of nitrogens with one attached hydrogen (secondary N) is 1. The van der Waals surface area contributed by atoms with Crippen LogP contribution in [0.2, 0.25) is 0 Å². The van der Waals surface area contributed by atoms with Crippen LogP contribution in [-0.2, 0) is 37.3 Å². The molecule has 1 aromatic heterocycles. The Morgan fingerprint density at radius 1 is 1.21 bits per heavy atom. The summed E-state index contributed by atoms with van der Waals surface area (Å²) in [5, 5.41) is 6.53. The summed E-state index contributed by atoms with van der Waals surface area (Å²) in [5.41, 5.74) is 0.725. The zero-order valence-electron chi connectivity index (χ0n) is 21.5. The van der Waals surface area contributed by atoms with Crippen molar-refractivity contribution >= 4 is 16.1 Å². The molecular weight excluding hydrogens is 522 g/mol. The van der Waals surface area contributed by atoms with Crippen LogP contribution in [0.25, 0.3) is 0 Å². The summed E-state index contributed by atoms with van der Waals surface area (Å²) in [5.74, 6) is -1.24. The second kappa shape index (κ2) is 10.2. The Bertz CT molecular complexity index is 1280. The third kappa shape index (κ3) is 5.56. The van der Waals surface area contributed by atoms with Gasteiger partial charge < -0.3 is 19.5 Å². The quantitative estimate of drug-likeness (QED) is 0.601. The molecule has 0 spiro atoms. The van der Waals surface area contributed by atoms with Gasteiger partial charge in [0.25, 0.3) is 10.0 Å². The van der Waals surface area contributed by atoms with E-state index < -0.39 is 50.7 Å². The summed E-state index contributed by atoms with van der Waals surface area (Å²) < 4.78 is 72.1. The highest BCUT2D eigenvalue weighted by Gasteiger charge is 2.41. The van der Waals surface area contributed by atoms with Gasteiger partial charge in [0.05, 0.1) is 24.9 Å². The standard InChI is InChI=1S/C25H32F2N4O6S/c1-25(2,3)37-24(32)28-21-9-17(13-36-23(21)19-8-16(26)4-5-20(19)27)30-10-15-11-31(29-22(15)12-30)38(33,34)18-6-7-35-14-18/h4-5,8,11,17-18,21,23H,6-7,9-10,12-14H2,1-3H3,(H,28,32)/t17-,18-,21+,23-/m1/s1. The number of hydrogen-bond donors (Lipinski definition) is 1. The average Bonchev–Trinajstić information content (AvgIpc) is 3.57. The van der Waals surface area contributed by atoms with E-state index in [1.165, 1.54) is 0 Å². The molecule has 5 rings (SSSR count). The Balaban J connectivity index is 1.31. The molecule has 208 valence electrons. The van der Waals surface area contributed by atoms with Crippen molar-refractivity contribution in [2.24, 2.45) is 0 Å². The Hall–Kier alpha value is -2.61. The van der Waals surface area contributed by atoms with E-state index in [9.17, 15) is 22.0 Å². The van der Waals surface area contributed by atoms with Gasteiger partial charge in [-0.1, -0.05) is 0 Å². The van der Waals surface area contributed by atoms with Gasteiger partial charge in [-0.25, -0.2) is 22.0 Å². The van der Waals surface area contributed by atoms with Crippen molar-refractivity contribution in [3.8, 4) is 0 Å². The van der Waals surface area contributed by atoms with E-state index in [0.29, 0.717) is 38.2 Å². The first-order chi connectivity index (χ1) is 17.9. The number of rotatable bonds is 5. The Labute approximate surface area is 220 Å². The third-order valence-electron chi connectivity index (χ3n) is 7.00. The molecule has 2 aromatic rings. The molecule has 0 saturated carbocycles. The van der Waals surface area contributed by atoms with E-state index in [2.05, 4.69) is 15.3 Å². The zero-order valence-corrected chi connectivity index (χ0v) is 22.3. The molecule has 1 aromatic carbocycles. The van der Waals surface area contributed by atoms with E-state index in [1.54, 1.807) is 27.0 Å². The van der Waals surface area contributed by atoms with Gasteiger partial charge in [0.1, 0.15) is 28.6 Å². The Kier molecular flexibility index (Phi) is 7.22. The fourth-order valence-corrected chi connectivity index (χ4v) is 6.60. The molecule has 0 radical (unpaired) electrons. The number of alkyl carbamates (subject to hydrolysis) is 1. The van der Waals surface area contributed by atoms with Crippen LogP contribution in [0.5, 0.6) is 0 Å². The van der Waals surface area contributed by atoms with Crippen LogP contribution in [0, 0.1) is 11.6 Å². The molecule has 3 aliphatic heterocycles. The van der Waals surface area contributed by atoms with Crippen molar-refractivity contribution in [3.05, 3.63) is 52.9 Å². The smallest absolute Gasteiger partial charge is 0.407 e. The lowest BCUT2D eigenvalue weighted by Gasteiger charge is -2.40. The number of benzene rings is 1. The number of carbonyl (C=O) groups is 1. The average molecular weight is 555 g/mol. The molecule has 1 amide bonds. The predicted octanol–water partition coefficient (Wildman–Crippen LogP) is 2.87. The van der Waals surface area contributed by atoms with Crippen molar-refractivity contribution in [3.63, 3.8) is 0 Å². The van der Waals surface area contributed by atoms with Gasteiger partial charge in [0, 0.05) is 43.1 Å². The van der Waals surface area contributed by atoms with Crippen LogP contribution in [-0.4, -0.2) is 71.4 Å². The van der Waals surface area contributed by atoms with Crippen LogP contribution < -0.4 is 5.32 Å². The molecular formula is C25H32F2N4O6S. The summed E-state index contributed by atoms with van der Waals surface area (Å²) in [6.07, 6.45) is 0.769. The van der Waals surface area contributed by atoms with Crippen molar-refractivity contribution < 1.29 is 36.2 Å². The Morgan fingerprint density at radius 2 is 2.00 bits per heavy atom. The van der Waals surface area contributed by atoms with Crippen LogP contribution in [0.1, 0.15) is 56.5 Å². The molecule has 2 saturated heterocycles. The highest BCUT2D eigenvalue weighted by molar-refractivity contribution is 7.90. The van der Waals surface area contributed by atoms with Gasteiger partial charge in [0.2, 0.25) is 0 Å². The first-order valence-electron chi connectivity index (χ1n) is 12.6. The summed E-state index contributed by atoms with van der Waals surface area (Å²) >= 11 is 0. The number of aromatic nitrogens is 2. The largest absolute Gasteiger partial charge is 0.444 e. The minimum Gasteiger partial charge on any atom is -0.444 e. The summed E-state index contributed by atoms with van der Waals surface area (Å²) in [7, 11) is -3.63. The number of hydrogen-bond acceptors (Lipinski definition) is 8. The van der Waals surface area contributed by atoms with Crippen molar-refractivity contribution in [1.82, 2.24) is 19.4 Å². The van der Waals surface area contributed by atoms with E-state index in [0.717, 1.165) is 27.8 Å². The molecule has 2 fully saturated rings. The van der Waals surface area contributed by atoms with Crippen LogP contribution in [0.15, 0.2) is 24.4 Å². The fraction of sp³-hybridized carbons (Fsp3) is 0.600. The first kappa shape index (κ1) is 27.0. The van der Waals surface area contributed by atoms with Crippen LogP contribution >= 0.6 is 0 Å². The van der Waals surface area contributed by atoms with Gasteiger partial charge in [0.15, 0.2) is 0 Å². The maximum Gasteiger partial charge on any atom is 0.407 e. The van der Waals surface area contributed by atoms with Crippen LogP contribution in [0.4, 0.5) is 13.6 Å². The Morgan fingerprint density at radius 3 is 2.68 bits per heavy atom. The topological polar surface area (TPSA) is 112 Å². The molecule has 13 heteroatoms. The first-order valence-corrected chi connectivity index (χ1v) is 14.1. The maximum atomic E-state index is 14.6. The van der Waals surface area contributed by atoms with E-state index in [1.807, 2.05) is 0 Å². The van der Waals surface area contributed by atoms with E-state index in [-0.39, 0.29) is 24.8 Å². The van der Waals surface area contributed by atoms with Gasteiger partial charge in [-0.3, -0.25) is 4.90 Å². The third-order valence-corrected chi connectivity index (χ3v) is 8.92. The molecule has 0 bridgehead atoms. The van der Waals surface area contributed by atoms with Gasteiger partial charge in [-0.05, 0) is 51.8 Å². The van der Waals surface area contributed by atoms with Crippen molar-refractivity contribution in [1.29, 1.82) is 0 Å². The van der Waals surface area contributed by atoms with Gasteiger partial charge in [-0.15, -0.1) is 0 Å². The minimum absolute atomic E-state index is 0.0200. The summed E-state index contributed by atoms with van der Waals surface area (Å²) in [6.45, 7) is 6.82. The highest BCUT2D eigenvalue weighted by atomic mass is 32.2. The van der Waals surface area contributed by atoms with E-state index >= 15 is 0 Å². The van der Waals surface area contributed by atoms with Crippen molar-refractivity contribution in [2.75, 3.05) is 19.8 Å². The molecule has 10 nitrogen and oxygen atoms in total. The second-order valence-electron chi connectivity index (χ2n) is 11.0.